The van der Waals surface area contributed by atoms with E-state index in [0.29, 0.717) is 31.9 Å². The number of ether oxygens (including phenoxy) is 1. The van der Waals surface area contributed by atoms with Crippen LogP contribution in [0.3, 0.4) is 0 Å². The van der Waals surface area contributed by atoms with Crippen LogP contribution in [0.4, 0.5) is 5.69 Å². The van der Waals surface area contributed by atoms with Crippen molar-refractivity contribution in [2.24, 2.45) is 0 Å². The Balaban J connectivity index is 1.75. The third kappa shape index (κ3) is 4.20. The lowest BCUT2D eigenvalue weighted by atomic mass is 10.2. The summed E-state index contributed by atoms with van der Waals surface area (Å²) < 4.78 is 32.7. The zero-order valence-corrected chi connectivity index (χ0v) is 16.3. The summed E-state index contributed by atoms with van der Waals surface area (Å²) in [4.78, 5) is 12.5. The number of benzene rings is 2. The van der Waals surface area contributed by atoms with Gasteiger partial charge >= 0.3 is 0 Å². The van der Waals surface area contributed by atoms with Crippen LogP contribution in [-0.2, 0) is 14.8 Å². The first-order valence-electron chi connectivity index (χ1n) is 7.72. The molecule has 1 N–H and O–H groups in total. The number of para-hydroxylation sites is 1. The maximum absolute atomic E-state index is 12.6. The Morgan fingerprint density at radius 2 is 1.68 bits per heavy atom. The normalized spacial score (nSPS) is 15.7. The van der Waals surface area contributed by atoms with E-state index < -0.39 is 10.0 Å². The van der Waals surface area contributed by atoms with Crippen LogP contribution in [0.1, 0.15) is 10.4 Å². The van der Waals surface area contributed by atoms with Gasteiger partial charge in [0, 0.05) is 22.2 Å². The summed E-state index contributed by atoms with van der Waals surface area (Å²) in [6, 6.07) is 13.4. The molecule has 0 aliphatic carbocycles. The van der Waals surface area contributed by atoms with Crippen molar-refractivity contribution >= 4 is 44.2 Å². The topological polar surface area (TPSA) is 75.7 Å². The third-order valence-corrected chi connectivity index (χ3v) is 6.70. The fraction of sp³-hybridized carbons (Fsp3) is 0.235. The number of rotatable bonds is 4. The number of sulfonamides is 1. The van der Waals surface area contributed by atoms with Gasteiger partial charge in [-0.05, 0) is 59.0 Å². The Hall–Kier alpha value is -1.49. The Labute approximate surface area is 160 Å². The molecule has 0 radical (unpaired) electrons. The van der Waals surface area contributed by atoms with E-state index in [1.54, 1.807) is 0 Å². The highest BCUT2D eigenvalue weighted by molar-refractivity contribution is 14.1. The van der Waals surface area contributed by atoms with Crippen molar-refractivity contribution in [3.63, 3.8) is 0 Å². The lowest BCUT2D eigenvalue weighted by Crippen LogP contribution is -2.40. The predicted molar refractivity (Wildman–Crippen MR) is 103 cm³/mol. The van der Waals surface area contributed by atoms with Crippen LogP contribution in [0.5, 0.6) is 0 Å². The van der Waals surface area contributed by atoms with Gasteiger partial charge in [-0.3, -0.25) is 4.79 Å². The monoisotopic (exact) mass is 472 g/mol. The Kier molecular flexibility index (Phi) is 5.72. The zero-order valence-electron chi connectivity index (χ0n) is 13.3. The molecule has 0 unspecified atom stereocenters. The summed E-state index contributed by atoms with van der Waals surface area (Å²) in [6.45, 7) is 1.49. The van der Waals surface area contributed by atoms with Crippen molar-refractivity contribution in [1.29, 1.82) is 0 Å². The molecule has 1 aliphatic rings. The minimum absolute atomic E-state index is 0.181. The molecule has 3 rings (SSSR count). The summed E-state index contributed by atoms with van der Waals surface area (Å²) in [5.74, 6) is -0.278. The van der Waals surface area contributed by atoms with E-state index in [1.165, 1.54) is 28.6 Å². The quantitative estimate of drug-likeness (QED) is 0.695. The molecule has 0 saturated carbocycles. The highest BCUT2D eigenvalue weighted by atomic mass is 127. The highest BCUT2D eigenvalue weighted by Crippen LogP contribution is 2.20. The van der Waals surface area contributed by atoms with Crippen LogP contribution in [0.25, 0.3) is 0 Å². The van der Waals surface area contributed by atoms with E-state index >= 15 is 0 Å². The van der Waals surface area contributed by atoms with Crippen LogP contribution in [-0.4, -0.2) is 44.9 Å². The molecular weight excluding hydrogens is 455 g/mol. The highest BCUT2D eigenvalue weighted by Gasteiger charge is 2.26. The smallest absolute Gasteiger partial charge is 0.255 e. The molecule has 6 nitrogen and oxygen atoms in total. The van der Waals surface area contributed by atoms with Gasteiger partial charge < -0.3 is 10.1 Å². The number of morpholine rings is 1. The number of nitrogens with one attached hydrogen (secondary N) is 1. The Morgan fingerprint density at radius 1 is 1.04 bits per heavy atom. The number of carbonyl (C=O) groups is 1. The molecule has 0 atom stereocenters. The Bertz CT molecular complexity index is 862. The molecule has 1 amide bonds. The molecular formula is C17H17IN2O4S. The molecule has 132 valence electrons. The number of anilines is 1. The van der Waals surface area contributed by atoms with E-state index in [4.69, 9.17) is 4.74 Å². The minimum atomic E-state index is -3.55. The summed E-state index contributed by atoms with van der Waals surface area (Å²) in [5.41, 5.74) is 1.12. The van der Waals surface area contributed by atoms with Gasteiger partial charge in [-0.15, -0.1) is 0 Å². The molecule has 1 fully saturated rings. The number of carbonyl (C=O) groups excluding carboxylic acids is 1. The van der Waals surface area contributed by atoms with Gasteiger partial charge in [-0.1, -0.05) is 12.1 Å². The van der Waals surface area contributed by atoms with E-state index in [0.717, 1.165) is 9.26 Å². The second kappa shape index (κ2) is 7.81. The molecule has 2 aromatic rings. The van der Waals surface area contributed by atoms with Gasteiger partial charge in [0.05, 0.1) is 23.8 Å². The van der Waals surface area contributed by atoms with Gasteiger partial charge in [0.2, 0.25) is 10.0 Å². The molecule has 2 aromatic carbocycles. The van der Waals surface area contributed by atoms with E-state index in [-0.39, 0.29) is 10.8 Å². The van der Waals surface area contributed by atoms with Gasteiger partial charge in [0.1, 0.15) is 0 Å². The van der Waals surface area contributed by atoms with Crippen LogP contribution in [0.15, 0.2) is 53.4 Å². The fourth-order valence-electron chi connectivity index (χ4n) is 2.47. The largest absolute Gasteiger partial charge is 0.379 e. The third-order valence-electron chi connectivity index (χ3n) is 3.85. The van der Waals surface area contributed by atoms with E-state index in [2.05, 4.69) is 27.9 Å². The van der Waals surface area contributed by atoms with Crippen molar-refractivity contribution in [2.75, 3.05) is 31.6 Å². The van der Waals surface area contributed by atoms with Crippen molar-refractivity contribution in [1.82, 2.24) is 4.31 Å². The predicted octanol–water partition coefficient (Wildman–Crippen LogP) is 2.56. The first kappa shape index (κ1) is 18.3. The molecule has 0 spiro atoms. The first-order chi connectivity index (χ1) is 12.0. The molecule has 0 aromatic heterocycles. The Morgan fingerprint density at radius 3 is 2.32 bits per heavy atom. The number of nitrogens with zero attached hydrogens (tertiary/aromatic N) is 1. The van der Waals surface area contributed by atoms with Gasteiger partial charge in [0.25, 0.3) is 5.91 Å². The number of hydrogen-bond acceptors (Lipinski definition) is 4. The number of amides is 1. The number of hydrogen-bond donors (Lipinski definition) is 1. The van der Waals surface area contributed by atoms with Crippen LogP contribution in [0.2, 0.25) is 0 Å². The molecule has 1 aliphatic heterocycles. The second-order valence-corrected chi connectivity index (χ2v) is 8.57. The van der Waals surface area contributed by atoms with Crippen molar-refractivity contribution in [3.05, 3.63) is 57.7 Å². The van der Waals surface area contributed by atoms with E-state index in [1.807, 2.05) is 24.3 Å². The van der Waals surface area contributed by atoms with Gasteiger partial charge in [-0.25, -0.2) is 8.42 Å². The van der Waals surface area contributed by atoms with Crippen molar-refractivity contribution < 1.29 is 17.9 Å². The molecule has 1 heterocycles. The van der Waals surface area contributed by atoms with E-state index in [9.17, 15) is 13.2 Å². The zero-order chi connectivity index (χ0) is 17.9. The van der Waals surface area contributed by atoms with Crippen LogP contribution >= 0.6 is 22.6 Å². The first-order valence-corrected chi connectivity index (χ1v) is 10.2. The molecule has 0 bridgehead atoms. The van der Waals surface area contributed by atoms with Crippen molar-refractivity contribution in [2.45, 2.75) is 4.90 Å². The summed E-state index contributed by atoms with van der Waals surface area (Å²) >= 11 is 2.14. The molecule has 1 saturated heterocycles. The van der Waals surface area contributed by atoms with Crippen molar-refractivity contribution in [3.8, 4) is 0 Å². The lowest BCUT2D eigenvalue weighted by molar-refractivity contribution is 0.0730. The van der Waals surface area contributed by atoms with Crippen LogP contribution in [0, 0.1) is 3.57 Å². The maximum atomic E-state index is 12.6. The lowest BCUT2D eigenvalue weighted by Gasteiger charge is -2.26. The summed E-state index contributed by atoms with van der Waals surface area (Å²) in [5, 5.41) is 2.83. The van der Waals surface area contributed by atoms with Gasteiger partial charge in [0.15, 0.2) is 0 Å². The standard InChI is InChI=1S/C17H17IN2O4S/c18-15-3-1-2-4-16(15)19-17(21)13-5-7-14(8-6-13)25(22,23)20-9-11-24-12-10-20/h1-8H,9-12H2,(H,19,21). The molecule has 25 heavy (non-hydrogen) atoms. The van der Waals surface area contributed by atoms with Gasteiger partial charge in [-0.2, -0.15) is 4.31 Å². The average molecular weight is 472 g/mol. The summed E-state index contributed by atoms with van der Waals surface area (Å²) in [6.07, 6.45) is 0. The maximum Gasteiger partial charge on any atom is 0.255 e. The fourth-order valence-corrected chi connectivity index (χ4v) is 4.40. The molecule has 8 heteroatoms. The SMILES string of the molecule is O=C(Nc1ccccc1I)c1ccc(S(=O)(=O)N2CCOCC2)cc1. The number of halogens is 1. The second-order valence-electron chi connectivity index (χ2n) is 5.47. The average Bonchev–Trinajstić information content (AvgIpc) is 2.64. The minimum Gasteiger partial charge on any atom is -0.379 e. The summed E-state index contributed by atoms with van der Waals surface area (Å²) in [7, 11) is -3.55. The van der Waals surface area contributed by atoms with Crippen LogP contribution < -0.4 is 5.32 Å².